The molecule has 3 rings (SSSR count). The highest BCUT2D eigenvalue weighted by Crippen LogP contribution is 2.32. The molecule has 0 aromatic heterocycles. The maximum Gasteiger partial charge on any atom is 0.340 e. The predicted molar refractivity (Wildman–Crippen MR) is 109 cm³/mol. The summed E-state index contributed by atoms with van der Waals surface area (Å²) in [4.78, 5) is 19.5. The summed E-state index contributed by atoms with van der Waals surface area (Å²) in [6, 6.07) is 10.3. The third-order valence-electron chi connectivity index (χ3n) is 4.95. The number of nitrogens with zero attached hydrogens (tertiary/aromatic N) is 3. The molecule has 0 N–H and O–H groups in total. The van der Waals surface area contributed by atoms with E-state index in [1.54, 1.807) is 12.1 Å². The molecule has 1 fully saturated rings. The summed E-state index contributed by atoms with van der Waals surface area (Å²) < 4.78 is 24.3. The summed E-state index contributed by atoms with van der Waals surface area (Å²) in [5, 5.41) is 0. The molecule has 1 saturated heterocycles. The lowest BCUT2D eigenvalue weighted by Crippen LogP contribution is -2.46. The SMILES string of the molecule is [C-]#[N+]c1ccc(N2CCN(Cc3ccc(C(=O)OC)c(F)c3)CC2)cc1OCC. The fourth-order valence-electron chi connectivity index (χ4n) is 3.42. The van der Waals surface area contributed by atoms with Crippen LogP contribution in [0.4, 0.5) is 15.8 Å². The third kappa shape index (κ3) is 4.84. The average Bonchev–Trinajstić information content (AvgIpc) is 2.74. The predicted octanol–water partition coefficient (Wildman–Crippen LogP) is 3.88. The zero-order chi connectivity index (χ0) is 20.8. The van der Waals surface area contributed by atoms with E-state index in [1.165, 1.54) is 19.2 Å². The molecule has 0 bridgehead atoms. The Kier molecular flexibility index (Phi) is 6.68. The van der Waals surface area contributed by atoms with Crippen LogP contribution in [-0.2, 0) is 11.3 Å². The van der Waals surface area contributed by atoms with Gasteiger partial charge >= 0.3 is 5.97 Å². The molecular formula is C22H24FN3O3. The zero-order valence-corrected chi connectivity index (χ0v) is 16.7. The van der Waals surface area contributed by atoms with Crippen LogP contribution in [0.2, 0.25) is 0 Å². The van der Waals surface area contributed by atoms with Crippen molar-refractivity contribution in [3.8, 4) is 5.75 Å². The minimum Gasteiger partial charge on any atom is -0.505 e. The van der Waals surface area contributed by atoms with E-state index in [2.05, 4.69) is 19.4 Å². The van der Waals surface area contributed by atoms with Crippen LogP contribution in [0.5, 0.6) is 5.75 Å². The minimum atomic E-state index is -0.668. The molecule has 0 atom stereocenters. The van der Waals surface area contributed by atoms with Crippen LogP contribution in [-0.4, -0.2) is 50.8 Å². The van der Waals surface area contributed by atoms with Gasteiger partial charge in [-0.05, 0) is 36.8 Å². The number of hydrogen-bond donors (Lipinski definition) is 0. The topological polar surface area (TPSA) is 46.4 Å². The van der Waals surface area contributed by atoms with Crippen LogP contribution in [0.25, 0.3) is 4.85 Å². The van der Waals surface area contributed by atoms with Gasteiger partial charge in [-0.15, -0.1) is 0 Å². The molecule has 2 aromatic carbocycles. The Morgan fingerprint density at radius 2 is 1.93 bits per heavy atom. The highest BCUT2D eigenvalue weighted by Gasteiger charge is 2.19. The highest BCUT2D eigenvalue weighted by molar-refractivity contribution is 5.89. The van der Waals surface area contributed by atoms with E-state index < -0.39 is 11.8 Å². The number of anilines is 1. The van der Waals surface area contributed by atoms with Crippen molar-refractivity contribution in [1.29, 1.82) is 0 Å². The van der Waals surface area contributed by atoms with E-state index >= 15 is 0 Å². The second kappa shape index (κ2) is 9.39. The van der Waals surface area contributed by atoms with E-state index in [0.29, 0.717) is 24.6 Å². The number of esters is 1. The number of halogens is 1. The lowest BCUT2D eigenvalue weighted by atomic mass is 10.1. The number of carbonyl (C=O) groups excluding carboxylic acids is 1. The van der Waals surface area contributed by atoms with Crippen molar-refractivity contribution < 1.29 is 18.7 Å². The highest BCUT2D eigenvalue weighted by atomic mass is 19.1. The van der Waals surface area contributed by atoms with Gasteiger partial charge in [0.1, 0.15) is 11.6 Å². The molecule has 0 radical (unpaired) electrons. The lowest BCUT2D eigenvalue weighted by Gasteiger charge is -2.36. The molecule has 0 saturated carbocycles. The van der Waals surface area contributed by atoms with Crippen LogP contribution in [0.3, 0.4) is 0 Å². The summed E-state index contributed by atoms with van der Waals surface area (Å²) >= 11 is 0. The van der Waals surface area contributed by atoms with Crippen LogP contribution < -0.4 is 9.64 Å². The Hall–Kier alpha value is -3.11. The van der Waals surface area contributed by atoms with Crippen molar-refractivity contribution in [3.05, 3.63) is 64.8 Å². The number of carbonyl (C=O) groups is 1. The molecule has 1 aliphatic rings. The molecule has 0 amide bonds. The molecule has 6 nitrogen and oxygen atoms in total. The Labute approximate surface area is 170 Å². The van der Waals surface area contributed by atoms with Crippen molar-refractivity contribution in [1.82, 2.24) is 4.90 Å². The van der Waals surface area contributed by atoms with Gasteiger partial charge in [-0.3, -0.25) is 4.90 Å². The number of piperazine rings is 1. The Balaban J connectivity index is 1.61. The molecule has 1 heterocycles. The first-order chi connectivity index (χ1) is 14.0. The first-order valence-corrected chi connectivity index (χ1v) is 9.54. The van der Waals surface area contributed by atoms with E-state index in [-0.39, 0.29) is 5.56 Å². The van der Waals surface area contributed by atoms with E-state index in [1.807, 2.05) is 19.1 Å². The number of benzene rings is 2. The van der Waals surface area contributed by atoms with E-state index in [9.17, 15) is 9.18 Å². The Bertz CT molecular complexity index is 918. The first-order valence-electron chi connectivity index (χ1n) is 9.54. The summed E-state index contributed by atoms with van der Waals surface area (Å²) in [5.41, 5.74) is 2.33. The van der Waals surface area contributed by atoms with Gasteiger partial charge in [0.2, 0.25) is 5.69 Å². The summed E-state index contributed by atoms with van der Waals surface area (Å²) in [5.74, 6) is -0.613. The summed E-state index contributed by atoms with van der Waals surface area (Å²) in [6.07, 6.45) is 0. The first kappa shape index (κ1) is 20.6. The van der Waals surface area contributed by atoms with E-state index in [4.69, 9.17) is 11.3 Å². The Morgan fingerprint density at radius 1 is 1.17 bits per heavy atom. The smallest absolute Gasteiger partial charge is 0.340 e. The molecule has 1 aliphatic heterocycles. The maximum absolute atomic E-state index is 14.1. The molecule has 7 heteroatoms. The largest absolute Gasteiger partial charge is 0.505 e. The standard InChI is InChI=1S/C22H24FN3O3/c1-4-29-21-14-17(6-8-20(21)24-2)26-11-9-25(10-12-26)15-16-5-7-18(19(23)13-16)22(27)28-3/h5-8,13-14H,4,9-12,15H2,1,3H3. The Morgan fingerprint density at radius 3 is 2.55 bits per heavy atom. The molecular weight excluding hydrogens is 373 g/mol. The van der Waals surface area contributed by atoms with Gasteiger partial charge in [0.25, 0.3) is 0 Å². The van der Waals surface area contributed by atoms with Gasteiger partial charge < -0.3 is 14.4 Å². The van der Waals surface area contributed by atoms with Crippen LogP contribution in [0.1, 0.15) is 22.8 Å². The number of hydrogen-bond acceptors (Lipinski definition) is 5. The fraction of sp³-hybridized carbons (Fsp3) is 0.364. The number of rotatable bonds is 6. The van der Waals surface area contributed by atoms with Gasteiger partial charge in [0, 0.05) is 38.4 Å². The van der Waals surface area contributed by atoms with E-state index in [0.717, 1.165) is 37.4 Å². The maximum atomic E-state index is 14.1. The second-order valence-electron chi connectivity index (χ2n) is 6.77. The fourth-order valence-corrected chi connectivity index (χ4v) is 3.42. The van der Waals surface area contributed by atoms with Crippen LogP contribution in [0.15, 0.2) is 36.4 Å². The van der Waals surface area contributed by atoms with Crippen LogP contribution >= 0.6 is 0 Å². The van der Waals surface area contributed by atoms with Gasteiger partial charge in [-0.25, -0.2) is 14.0 Å². The molecule has 152 valence electrons. The monoisotopic (exact) mass is 397 g/mol. The molecule has 2 aromatic rings. The lowest BCUT2D eigenvalue weighted by molar-refractivity contribution is 0.0595. The summed E-state index contributed by atoms with van der Waals surface area (Å²) in [6.45, 7) is 13.6. The van der Waals surface area contributed by atoms with Crippen molar-refractivity contribution in [2.45, 2.75) is 13.5 Å². The molecule has 0 aliphatic carbocycles. The van der Waals surface area contributed by atoms with Crippen molar-refractivity contribution >= 4 is 17.3 Å². The molecule has 29 heavy (non-hydrogen) atoms. The molecule has 0 spiro atoms. The second-order valence-corrected chi connectivity index (χ2v) is 6.77. The van der Waals surface area contributed by atoms with Gasteiger partial charge in [0.05, 0.1) is 25.9 Å². The third-order valence-corrected chi connectivity index (χ3v) is 4.95. The summed E-state index contributed by atoms with van der Waals surface area (Å²) in [7, 11) is 1.24. The average molecular weight is 397 g/mol. The van der Waals surface area contributed by atoms with Gasteiger partial charge in [0.15, 0.2) is 0 Å². The van der Waals surface area contributed by atoms with Gasteiger partial charge in [-0.1, -0.05) is 12.1 Å². The molecule has 0 unspecified atom stereocenters. The quantitative estimate of drug-likeness (QED) is 0.547. The zero-order valence-electron chi connectivity index (χ0n) is 16.7. The number of ether oxygens (including phenoxy) is 2. The normalized spacial score (nSPS) is 14.3. The number of methoxy groups -OCH3 is 1. The van der Waals surface area contributed by atoms with Crippen molar-refractivity contribution in [3.63, 3.8) is 0 Å². The van der Waals surface area contributed by atoms with Gasteiger partial charge in [-0.2, -0.15) is 0 Å². The van der Waals surface area contributed by atoms with Crippen molar-refractivity contribution in [2.24, 2.45) is 0 Å². The van der Waals surface area contributed by atoms with Crippen molar-refractivity contribution in [2.75, 3.05) is 44.8 Å². The van der Waals surface area contributed by atoms with Crippen LogP contribution in [0, 0.1) is 12.4 Å². The minimum absolute atomic E-state index is 0.0472.